The third-order valence-corrected chi connectivity index (χ3v) is 5.72. The molecule has 5 heteroatoms. The number of hydrogen-bond donors (Lipinski definition) is 1. The Hall–Kier alpha value is -2.69. The Bertz CT molecular complexity index is 772. The van der Waals surface area contributed by atoms with Gasteiger partial charge in [-0.2, -0.15) is 0 Å². The molecule has 2 aliphatic heterocycles. The van der Waals surface area contributed by atoms with Crippen molar-refractivity contribution in [2.75, 3.05) is 38.6 Å². The van der Waals surface area contributed by atoms with E-state index in [2.05, 4.69) is 68.0 Å². The molecule has 0 aliphatic carbocycles. The maximum absolute atomic E-state index is 11.7. The number of likely N-dealkylation sites (N-methyl/N-ethyl adjacent to an activating group) is 1. The van der Waals surface area contributed by atoms with Crippen molar-refractivity contribution in [1.29, 1.82) is 0 Å². The van der Waals surface area contributed by atoms with Gasteiger partial charge in [0, 0.05) is 32.4 Å². The number of allylic oxidation sites excluding steroid dienone is 1. The van der Waals surface area contributed by atoms with Gasteiger partial charge in [0.05, 0.1) is 11.4 Å². The van der Waals surface area contributed by atoms with Crippen LogP contribution in [0.25, 0.3) is 0 Å². The molecule has 1 fully saturated rings. The van der Waals surface area contributed by atoms with Crippen molar-refractivity contribution in [3.05, 3.63) is 66.2 Å². The maximum Gasteiger partial charge on any atom is 0.245 e. The first-order valence-electron chi connectivity index (χ1n) is 10.5. The van der Waals surface area contributed by atoms with Crippen LogP contribution in [0.2, 0.25) is 0 Å². The fraction of sp³-hybridized carbons (Fsp3) is 0.458. The van der Waals surface area contributed by atoms with Gasteiger partial charge in [-0.25, -0.2) is 0 Å². The number of likely N-dealkylation sites (tertiary alicyclic amines) is 1. The second kappa shape index (κ2) is 9.68. The van der Waals surface area contributed by atoms with Crippen LogP contribution < -0.4 is 5.32 Å². The van der Waals surface area contributed by atoms with E-state index in [9.17, 15) is 4.79 Å². The summed E-state index contributed by atoms with van der Waals surface area (Å²) in [6.45, 7) is 11.1. The Labute approximate surface area is 174 Å². The normalized spacial score (nSPS) is 17.3. The van der Waals surface area contributed by atoms with Crippen molar-refractivity contribution in [1.82, 2.24) is 9.80 Å². The number of amides is 1. The Morgan fingerprint density at radius 2 is 2.00 bits per heavy atom. The molecule has 1 aromatic carbocycles. The highest BCUT2D eigenvalue weighted by Gasteiger charge is 2.23. The standard InChI is InChI=1S/C24H33N3O2/c1-5-24(28)27-12-10-19(11-13-27)15-26(4)23-14-22(16-29-17-23)25-21-8-6-20(7-9-21)18(2)3/h5-9,14,17-19,25H,1,10-13,15-16H2,2-4H3. The highest BCUT2D eigenvalue weighted by atomic mass is 16.5. The van der Waals surface area contributed by atoms with E-state index in [1.165, 1.54) is 11.6 Å². The van der Waals surface area contributed by atoms with Gasteiger partial charge in [0.2, 0.25) is 5.91 Å². The van der Waals surface area contributed by atoms with Crippen LogP contribution in [0, 0.1) is 5.92 Å². The van der Waals surface area contributed by atoms with E-state index in [0.717, 1.165) is 49.6 Å². The number of hydrogen-bond acceptors (Lipinski definition) is 4. The molecule has 5 nitrogen and oxygen atoms in total. The average Bonchev–Trinajstić information content (AvgIpc) is 2.74. The van der Waals surface area contributed by atoms with Crippen LogP contribution in [0.4, 0.5) is 5.69 Å². The van der Waals surface area contributed by atoms with E-state index in [4.69, 9.17) is 4.74 Å². The molecule has 0 spiro atoms. The minimum absolute atomic E-state index is 0.0419. The van der Waals surface area contributed by atoms with E-state index < -0.39 is 0 Å². The first-order valence-corrected chi connectivity index (χ1v) is 10.5. The van der Waals surface area contributed by atoms with Crippen LogP contribution in [-0.4, -0.2) is 49.0 Å². The zero-order valence-electron chi connectivity index (χ0n) is 17.9. The van der Waals surface area contributed by atoms with Crippen LogP contribution in [0.1, 0.15) is 38.2 Å². The lowest BCUT2D eigenvalue weighted by Gasteiger charge is -2.34. The summed E-state index contributed by atoms with van der Waals surface area (Å²) in [6.07, 6.45) is 7.45. The summed E-state index contributed by atoms with van der Waals surface area (Å²) in [6, 6.07) is 8.58. The molecule has 0 bridgehead atoms. The van der Waals surface area contributed by atoms with E-state index >= 15 is 0 Å². The predicted molar refractivity (Wildman–Crippen MR) is 118 cm³/mol. The zero-order chi connectivity index (χ0) is 20.8. The van der Waals surface area contributed by atoms with Gasteiger partial charge in [-0.1, -0.05) is 32.6 Å². The average molecular weight is 396 g/mol. The fourth-order valence-corrected chi connectivity index (χ4v) is 3.84. The Kier molecular flexibility index (Phi) is 7.02. The molecule has 0 saturated carbocycles. The minimum Gasteiger partial charge on any atom is -0.493 e. The number of anilines is 1. The summed E-state index contributed by atoms with van der Waals surface area (Å²) in [5.74, 6) is 1.15. The Balaban J connectivity index is 1.54. The van der Waals surface area contributed by atoms with E-state index in [0.29, 0.717) is 18.4 Å². The van der Waals surface area contributed by atoms with Gasteiger partial charge in [0.1, 0.15) is 12.9 Å². The van der Waals surface area contributed by atoms with Crippen molar-refractivity contribution in [3.8, 4) is 0 Å². The third kappa shape index (κ3) is 5.66. The van der Waals surface area contributed by atoms with Crippen LogP contribution in [-0.2, 0) is 9.53 Å². The largest absolute Gasteiger partial charge is 0.493 e. The van der Waals surface area contributed by atoms with E-state index in [1.54, 1.807) is 0 Å². The molecular weight excluding hydrogens is 362 g/mol. The third-order valence-electron chi connectivity index (χ3n) is 5.72. The summed E-state index contributed by atoms with van der Waals surface area (Å²) in [5.41, 5.74) is 4.54. The van der Waals surface area contributed by atoms with Crippen LogP contribution in [0.3, 0.4) is 0 Å². The fourth-order valence-electron chi connectivity index (χ4n) is 3.84. The smallest absolute Gasteiger partial charge is 0.245 e. The SMILES string of the molecule is C=CC(=O)N1CCC(CN(C)C2=COCC(Nc3ccc(C(C)C)cc3)=C2)CC1. The summed E-state index contributed by atoms with van der Waals surface area (Å²) in [4.78, 5) is 15.9. The first kappa shape index (κ1) is 21.0. The summed E-state index contributed by atoms with van der Waals surface area (Å²) in [5, 5.41) is 3.48. The number of nitrogens with one attached hydrogen (secondary N) is 1. The first-order chi connectivity index (χ1) is 14.0. The predicted octanol–water partition coefficient (Wildman–Crippen LogP) is 4.33. The van der Waals surface area contributed by atoms with Gasteiger partial charge >= 0.3 is 0 Å². The second-order valence-electron chi connectivity index (χ2n) is 8.28. The number of piperidine rings is 1. The van der Waals surface area contributed by atoms with Crippen molar-refractivity contribution in [2.45, 2.75) is 32.6 Å². The van der Waals surface area contributed by atoms with Gasteiger partial charge in [-0.05, 0) is 54.5 Å². The molecule has 0 radical (unpaired) electrons. The van der Waals surface area contributed by atoms with Crippen molar-refractivity contribution < 1.29 is 9.53 Å². The second-order valence-corrected chi connectivity index (χ2v) is 8.28. The lowest BCUT2D eigenvalue weighted by atomic mass is 9.96. The molecule has 2 heterocycles. The van der Waals surface area contributed by atoms with Gasteiger partial charge in [-0.15, -0.1) is 0 Å². The topological polar surface area (TPSA) is 44.8 Å². The van der Waals surface area contributed by atoms with Crippen LogP contribution >= 0.6 is 0 Å². The molecule has 0 atom stereocenters. The zero-order valence-corrected chi connectivity index (χ0v) is 17.9. The molecule has 29 heavy (non-hydrogen) atoms. The van der Waals surface area contributed by atoms with Crippen molar-refractivity contribution >= 4 is 11.6 Å². The quantitative estimate of drug-likeness (QED) is 0.698. The van der Waals surface area contributed by atoms with Crippen molar-refractivity contribution in [3.63, 3.8) is 0 Å². The summed E-state index contributed by atoms with van der Waals surface area (Å²) < 4.78 is 5.70. The monoisotopic (exact) mass is 395 g/mol. The van der Waals surface area contributed by atoms with Crippen LogP contribution in [0.15, 0.2) is 60.7 Å². The minimum atomic E-state index is 0.0419. The molecule has 1 N–H and O–H groups in total. The highest BCUT2D eigenvalue weighted by molar-refractivity contribution is 5.87. The van der Waals surface area contributed by atoms with Gasteiger partial charge in [0.25, 0.3) is 0 Å². The number of carbonyl (C=O) groups is 1. The molecular formula is C24H33N3O2. The summed E-state index contributed by atoms with van der Waals surface area (Å²) >= 11 is 0. The number of rotatable bonds is 7. The number of carbonyl (C=O) groups excluding carboxylic acids is 1. The molecule has 156 valence electrons. The van der Waals surface area contributed by atoms with Gasteiger partial charge in [-0.3, -0.25) is 4.79 Å². The van der Waals surface area contributed by atoms with E-state index in [1.807, 2.05) is 11.2 Å². The van der Waals surface area contributed by atoms with Gasteiger partial charge in [0.15, 0.2) is 0 Å². The molecule has 1 aromatic rings. The number of nitrogens with zero attached hydrogens (tertiary/aromatic N) is 2. The molecule has 2 aliphatic rings. The lowest BCUT2D eigenvalue weighted by molar-refractivity contribution is -0.127. The number of benzene rings is 1. The van der Waals surface area contributed by atoms with Gasteiger partial charge < -0.3 is 19.9 Å². The van der Waals surface area contributed by atoms with Crippen molar-refractivity contribution in [2.24, 2.45) is 5.92 Å². The highest BCUT2D eigenvalue weighted by Crippen LogP contribution is 2.23. The molecule has 0 unspecified atom stereocenters. The van der Waals surface area contributed by atoms with E-state index in [-0.39, 0.29) is 5.91 Å². The molecule has 1 saturated heterocycles. The Morgan fingerprint density at radius 3 is 2.62 bits per heavy atom. The Morgan fingerprint density at radius 1 is 1.31 bits per heavy atom. The maximum atomic E-state index is 11.7. The summed E-state index contributed by atoms with van der Waals surface area (Å²) in [7, 11) is 2.10. The van der Waals surface area contributed by atoms with Crippen LogP contribution in [0.5, 0.6) is 0 Å². The molecule has 0 aromatic heterocycles. The number of ether oxygens (including phenoxy) is 1. The lowest BCUT2D eigenvalue weighted by Crippen LogP contribution is -2.40. The molecule has 1 amide bonds. The molecule has 3 rings (SSSR count).